The summed E-state index contributed by atoms with van der Waals surface area (Å²) in [4.78, 5) is 18.6. The standard InChI is InChI=1S/C15H22N4OS2/c1-10-8-22-14(17-10)11(2)18-15(20)16-7-13(19(3)4)12-5-6-21-9-12/h5-6,8-9,11,13H,7H2,1-4H3,(H2,16,18,20)/t11-,13+/m0/s1. The van der Waals surface area contributed by atoms with Gasteiger partial charge in [0, 0.05) is 17.6 Å². The van der Waals surface area contributed by atoms with Crippen molar-refractivity contribution in [1.29, 1.82) is 0 Å². The molecule has 0 fully saturated rings. The summed E-state index contributed by atoms with van der Waals surface area (Å²) in [5, 5.41) is 13.0. The van der Waals surface area contributed by atoms with Crippen LogP contribution in [0.15, 0.2) is 22.2 Å². The van der Waals surface area contributed by atoms with Gasteiger partial charge in [0.05, 0.1) is 12.1 Å². The van der Waals surface area contributed by atoms with E-state index in [2.05, 4.69) is 37.3 Å². The number of amides is 2. The smallest absolute Gasteiger partial charge is 0.315 e. The zero-order valence-electron chi connectivity index (χ0n) is 13.3. The maximum absolute atomic E-state index is 12.1. The Bertz CT molecular complexity index is 594. The van der Waals surface area contributed by atoms with E-state index >= 15 is 0 Å². The molecule has 2 heterocycles. The van der Waals surface area contributed by atoms with Crippen LogP contribution in [0.3, 0.4) is 0 Å². The first-order chi connectivity index (χ1) is 10.5. The minimum Gasteiger partial charge on any atom is -0.336 e. The van der Waals surface area contributed by atoms with Gasteiger partial charge in [-0.25, -0.2) is 9.78 Å². The van der Waals surface area contributed by atoms with Gasteiger partial charge in [0.1, 0.15) is 5.01 Å². The van der Waals surface area contributed by atoms with E-state index in [0.29, 0.717) is 6.54 Å². The van der Waals surface area contributed by atoms with Gasteiger partial charge in [0.25, 0.3) is 0 Å². The number of carbonyl (C=O) groups excluding carboxylic acids is 1. The van der Waals surface area contributed by atoms with Crippen molar-refractivity contribution in [3.8, 4) is 0 Å². The molecule has 0 saturated carbocycles. The molecule has 0 aliphatic rings. The van der Waals surface area contributed by atoms with E-state index in [1.165, 1.54) is 5.56 Å². The summed E-state index contributed by atoms with van der Waals surface area (Å²) >= 11 is 3.23. The Balaban J connectivity index is 1.86. The minimum absolute atomic E-state index is 0.0855. The van der Waals surface area contributed by atoms with Crippen LogP contribution in [0.1, 0.15) is 35.3 Å². The third kappa shape index (κ3) is 4.53. The van der Waals surface area contributed by atoms with Crippen LogP contribution in [0.4, 0.5) is 4.79 Å². The van der Waals surface area contributed by atoms with Gasteiger partial charge in [-0.15, -0.1) is 11.3 Å². The number of urea groups is 1. The van der Waals surface area contributed by atoms with E-state index in [0.717, 1.165) is 10.7 Å². The van der Waals surface area contributed by atoms with Crippen LogP contribution in [0.5, 0.6) is 0 Å². The molecule has 0 aromatic carbocycles. The molecule has 0 bridgehead atoms. The monoisotopic (exact) mass is 338 g/mol. The van der Waals surface area contributed by atoms with Crippen molar-refractivity contribution < 1.29 is 4.79 Å². The summed E-state index contributed by atoms with van der Waals surface area (Å²) in [6, 6.07) is 2.02. The number of aryl methyl sites for hydroxylation is 1. The van der Waals surface area contributed by atoms with Crippen molar-refractivity contribution in [2.45, 2.75) is 25.9 Å². The second-order valence-electron chi connectivity index (χ2n) is 5.44. The number of likely N-dealkylation sites (N-methyl/N-ethyl adjacent to an activating group) is 1. The summed E-state index contributed by atoms with van der Waals surface area (Å²) in [5.74, 6) is 0. The molecule has 120 valence electrons. The molecule has 2 N–H and O–H groups in total. The molecule has 22 heavy (non-hydrogen) atoms. The Kier molecular flexibility index (Phi) is 5.93. The fraction of sp³-hybridized carbons (Fsp3) is 0.467. The summed E-state index contributed by atoms with van der Waals surface area (Å²) < 4.78 is 0. The lowest BCUT2D eigenvalue weighted by Crippen LogP contribution is -2.41. The third-order valence-corrected chi connectivity index (χ3v) is 5.21. The van der Waals surface area contributed by atoms with Gasteiger partial charge >= 0.3 is 6.03 Å². The molecule has 5 nitrogen and oxygen atoms in total. The lowest BCUT2D eigenvalue weighted by Gasteiger charge is -2.24. The number of carbonyl (C=O) groups is 1. The van der Waals surface area contributed by atoms with Crippen molar-refractivity contribution >= 4 is 28.7 Å². The fourth-order valence-electron chi connectivity index (χ4n) is 2.13. The molecule has 2 aromatic rings. The maximum atomic E-state index is 12.1. The van der Waals surface area contributed by atoms with Crippen LogP contribution in [-0.2, 0) is 0 Å². The zero-order chi connectivity index (χ0) is 16.1. The number of aromatic nitrogens is 1. The predicted molar refractivity (Wildman–Crippen MR) is 92.5 cm³/mol. The van der Waals surface area contributed by atoms with Crippen LogP contribution >= 0.6 is 22.7 Å². The first-order valence-corrected chi connectivity index (χ1v) is 8.94. The molecule has 2 rings (SSSR count). The Hall–Kier alpha value is -1.44. The van der Waals surface area contributed by atoms with Gasteiger partial charge in [-0.2, -0.15) is 11.3 Å². The van der Waals surface area contributed by atoms with Crippen molar-refractivity contribution in [1.82, 2.24) is 20.5 Å². The molecule has 0 aliphatic heterocycles. The molecular formula is C15H22N4OS2. The number of nitrogens with zero attached hydrogens (tertiary/aromatic N) is 2. The quantitative estimate of drug-likeness (QED) is 0.850. The van der Waals surface area contributed by atoms with Gasteiger partial charge in [-0.05, 0) is 50.3 Å². The van der Waals surface area contributed by atoms with Crippen LogP contribution < -0.4 is 10.6 Å². The average Bonchev–Trinajstić information content (AvgIpc) is 3.10. The van der Waals surface area contributed by atoms with Crippen LogP contribution in [0.2, 0.25) is 0 Å². The van der Waals surface area contributed by atoms with Crippen molar-refractivity contribution in [2.75, 3.05) is 20.6 Å². The molecule has 0 aliphatic carbocycles. The van der Waals surface area contributed by atoms with Gasteiger partial charge in [-0.3, -0.25) is 0 Å². The first kappa shape index (κ1) is 16.9. The van der Waals surface area contributed by atoms with Gasteiger partial charge < -0.3 is 15.5 Å². The number of thiazole rings is 1. The van der Waals surface area contributed by atoms with E-state index in [9.17, 15) is 4.79 Å². The largest absolute Gasteiger partial charge is 0.336 e. The van der Waals surface area contributed by atoms with Gasteiger partial charge in [0.15, 0.2) is 0 Å². The Labute approximate surface area is 139 Å². The topological polar surface area (TPSA) is 57.3 Å². The van der Waals surface area contributed by atoms with Gasteiger partial charge in [-0.1, -0.05) is 0 Å². The number of nitrogens with one attached hydrogen (secondary N) is 2. The zero-order valence-corrected chi connectivity index (χ0v) is 14.9. The number of thiophene rings is 1. The van der Waals surface area contributed by atoms with E-state index in [1.54, 1.807) is 22.7 Å². The van der Waals surface area contributed by atoms with Crippen molar-refractivity contribution in [3.05, 3.63) is 38.5 Å². The highest BCUT2D eigenvalue weighted by Gasteiger charge is 2.17. The minimum atomic E-state index is -0.164. The highest BCUT2D eigenvalue weighted by molar-refractivity contribution is 7.09. The number of rotatable bonds is 6. The lowest BCUT2D eigenvalue weighted by molar-refractivity contribution is 0.230. The molecule has 2 atom stereocenters. The van der Waals surface area contributed by atoms with Crippen LogP contribution in [-0.4, -0.2) is 36.6 Å². The molecule has 7 heteroatoms. The molecule has 0 unspecified atom stereocenters. The van der Waals surface area contributed by atoms with Crippen molar-refractivity contribution in [3.63, 3.8) is 0 Å². The second-order valence-corrected chi connectivity index (χ2v) is 7.11. The molecule has 2 aromatic heterocycles. The molecule has 0 saturated heterocycles. The maximum Gasteiger partial charge on any atom is 0.315 e. The Morgan fingerprint density at radius 2 is 2.18 bits per heavy atom. The summed E-state index contributed by atoms with van der Waals surface area (Å²) in [5.41, 5.74) is 2.21. The van der Waals surface area contributed by atoms with Crippen molar-refractivity contribution in [2.24, 2.45) is 0 Å². The lowest BCUT2D eigenvalue weighted by atomic mass is 10.1. The Morgan fingerprint density at radius 1 is 1.41 bits per heavy atom. The highest BCUT2D eigenvalue weighted by Crippen LogP contribution is 2.20. The van der Waals surface area contributed by atoms with E-state index in [4.69, 9.17) is 0 Å². The molecule has 0 radical (unpaired) electrons. The fourth-order valence-corrected chi connectivity index (χ4v) is 3.64. The summed E-state index contributed by atoms with van der Waals surface area (Å²) in [7, 11) is 4.03. The summed E-state index contributed by atoms with van der Waals surface area (Å²) in [6.45, 7) is 4.47. The molecule has 0 spiro atoms. The molecular weight excluding hydrogens is 316 g/mol. The van der Waals surface area contributed by atoms with Crippen LogP contribution in [0, 0.1) is 6.92 Å². The normalized spacial score (nSPS) is 13.9. The highest BCUT2D eigenvalue weighted by atomic mass is 32.1. The summed E-state index contributed by atoms with van der Waals surface area (Å²) in [6.07, 6.45) is 0. The second kappa shape index (κ2) is 7.71. The predicted octanol–water partition coefficient (Wildman–Crippen LogP) is 3.18. The third-order valence-electron chi connectivity index (χ3n) is 3.36. The molecule has 2 amide bonds. The van der Waals surface area contributed by atoms with Crippen LogP contribution in [0.25, 0.3) is 0 Å². The SMILES string of the molecule is Cc1csc([C@H](C)NC(=O)NC[C@H](c2ccsc2)N(C)C)n1. The van der Waals surface area contributed by atoms with E-state index in [-0.39, 0.29) is 18.1 Å². The number of hydrogen-bond donors (Lipinski definition) is 2. The average molecular weight is 339 g/mol. The van der Waals surface area contributed by atoms with E-state index < -0.39 is 0 Å². The van der Waals surface area contributed by atoms with Gasteiger partial charge in [0.2, 0.25) is 0 Å². The Morgan fingerprint density at radius 3 is 2.73 bits per heavy atom. The number of hydrogen-bond acceptors (Lipinski definition) is 5. The van der Waals surface area contributed by atoms with E-state index in [1.807, 2.05) is 33.3 Å². The first-order valence-electron chi connectivity index (χ1n) is 7.12.